The number of sulfonamides is 1. The first-order valence-electron chi connectivity index (χ1n) is 6.87. The van der Waals surface area contributed by atoms with E-state index in [4.69, 9.17) is 5.14 Å². The second-order valence-corrected chi connectivity index (χ2v) is 6.71. The number of unbranched alkanes of at least 4 members (excludes halogenated alkanes) is 1. The molecule has 1 fully saturated rings. The largest absolute Gasteiger partial charge is 0.336 e. The van der Waals surface area contributed by atoms with Crippen LogP contribution in [0.3, 0.4) is 0 Å². The van der Waals surface area contributed by atoms with Gasteiger partial charge in [0.05, 0.1) is 4.90 Å². The highest BCUT2D eigenvalue weighted by Gasteiger charge is 2.32. The number of hydrogen-bond donors (Lipinski definition) is 1. The van der Waals surface area contributed by atoms with Crippen LogP contribution in [0.25, 0.3) is 0 Å². The van der Waals surface area contributed by atoms with Gasteiger partial charge < -0.3 is 4.90 Å². The van der Waals surface area contributed by atoms with Crippen molar-refractivity contribution in [3.63, 3.8) is 0 Å². The number of nitrogens with zero attached hydrogens (tertiary/aromatic N) is 1. The van der Waals surface area contributed by atoms with Gasteiger partial charge in [0.2, 0.25) is 10.0 Å². The highest BCUT2D eigenvalue weighted by molar-refractivity contribution is 7.89. The molecule has 1 aromatic rings. The van der Waals surface area contributed by atoms with Gasteiger partial charge in [0.1, 0.15) is 0 Å². The average molecular weight is 296 g/mol. The van der Waals surface area contributed by atoms with Gasteiger partial charge in [0, 0.05) is 18.2 Å². The van der Waals surface area contributed by atoms with Crippen molar-refractivity contribution in [1.29, 1.82) is 0 Å². The van der Waals surface area contributed by atoms with Crippen LogP contribution < -0.4 is 5.14 Å². The van der Waals surface area contributed by atoms with E-state index < -0.39 is 10.0 Å². The van der Waals surface area contributed by atoms with Crippen LogP contribution >= 0.6 is 0 Å². The molecule has 6 heteroatoms. The highest BCUT2D eigenvalue weighted by atomic mass is 32.2. The molecule has 1 aliphatic rings. The summed E-state index contributed by atoms with van der Waals surface area (Å²) in [6.07, 6.45) is 4.15. The third-order valence-corrected chi connectivity index (χ3v) is 4.36. The predicted octanol–water partition coefficient (Wildman–Crippen LogP) is 1.74. The summed E-state index contributed by atoms with van der Waals surface area (Å²) in [5.74, 6) is -0.0260. The average Bonchev–Trinajstić information content (AvgIpc) is 3.23. The predicted molar refractivity (Wildman–Crippen MR) is 76.8 cm³/mol. The van der Waals surface area contributed by atoms with Crippen LogP contribution in [0, 0.1) is 0 Å². The SMILES string of the molecule is CCCCN(C(=O)c1ccc(S(N)(=O)=O)cc1)C1CC1. The normalized spacial score (nSPS) is 15.1. The molecule has 0 aromatic heterocycles. The smallest absolute Gasteiger partial charge is 0.254 e. The van der Waals surface area contributed by atoms with Crippen LogP contribution in [-0.4, -0.2) is 31.8 Å². The molecular formula is C14H20N2O3S. The Kier molecular flexibility index (Phi) is 4.45. The molecule has 1 aliphatic carbocycles. The molecule has 0 heterocycles. The molecule has 0 atom stereocenters. The summed E-state index contributed by atoms with van der Waals surface area (Å²) in [6.45, 7) is 2.85. The molecule has 1 saturated carbocycles. The maximum Gasteiger partial charge on any atom is 0.254 e. The Balaban J connectivity index is 2.15. The molecule has 0 spiro atoms. The van der Waals surface area contributed by atoms with E-state index in [-0.39, 0.29) is 10.8 Å². The summed E-state index contributed by atoms with van der Waals surface area (Å²) in [5, 5.41) is 5.04. The summed E-state index contributed by atoms with van der Waals surface area (Å²) >= 11 is 0. The monoisotopic (exact) mass is 296 g/mol. The van der Waals surface area contributed by atoms with Gasteiger partial charge in [-0.25, -0.2) is 13.6 Å². The number of carbonyl (C=O) groups excluding carboxylic acids is 1. The lowest BCUT2D eigenvalue weighted by atomic mass is 10.2. The molecule has 2 rings (SSSR count). The Hall–Kier alpha value is -1.40. The van der Waals surface area contributed by atoms with Crippen LogP contribution in [0.2, 0.25) is 0 Å². The number of amides is 1. The molecule has 0 bridgehead atoms. The number of hydrogen-bond acceptors (Lipinski definition) is 3. The van der Waals surface area contributed by atoms with Gasteiger partial charge in [-0.3, -0.25) is 4.79 Å². The highest BCUT2D eigenvalue weighted by Crippen LogP contribution is 2.28. The van der Waals surface area contributed by atoms with Crippen LogP contribution in [0.15, 0.2) is 29.2 Å². The number of carbonyl (C=O) groups is 1. The van der Waals surface area contributed by atoms with Crippen molar-refractivity contribution in [2.45, 2.75) is 43.5 Å². The van der Waals surface area contributed by atoms with E-state index in [9.17, 15) is 13.2 Å². The number of rotatable bonds is 6. The Morgan fingerprint density at radius 1 is 1.30 bits per heavy atom. The lowest BCUT2D eigenvalue weighted by Crippen LogP contribution is -2.34. The minimum absolute atomic E-state index is 0.0260. The van der Waals surface area contributed by atoms with Crippen molar-refractivity contribution in [2.75, 3.05) is 6.54 Å². The number of benzene rings is 1. The van der Waals surface area contributed by atoms with Crippen molar-refractivity contribution >= 4 is 15.9 Å². The fourth-order valence-electron chi connectivity index (χ4n) is 2.12. The van der Waals surface area contributed by atoms with Gasteiger partial charge in [0.15, 0.2) is 0 Å². The van der Waals surface area contributed by atoms with E-state index in [0.29, 0.717) is 11.6 Å². The number of primary sulfonamides is 1. The second kappa shape index (κ2) is 5.93. The van der Waals surface area contributed by atoms with E-state index in [0.717, 1.165) is 32.2 Å². The van der Waals surface area contributed by atoms with Gasteiger partial charge >= 0.3 is 0 Å². The number of nitrogens with two attached hydrogens (primary N) is 1. The van der Waals surface area contributed by atoms with Crippen LogP contribution in [0.4, 0.5) is 0 Å². The summed E-state index contributed by atoms with van der Waals surface area (Å²) in [6, 6.07) is 6.18. The molecule has 20 heavy (non-hydrogen) atoms. The Morgan fingerprint density at radius 2 is 1.90 bits per heavy atom. The van der Waals surface area contributed by atoms with Crippen molar-refractivity contribution in [2.24, 2.45) is 5.14 Å². The quantitative estimate of drug-likeness (QED) is 0.868. The van der Waals surface area contributed by atoms with Crippen molar-refractivity contribution < 1.29 is 13.2 Å². The first-order chi connectivity index (χ1) is 9.43. The third-order valence-electron chi connectivity index (χ3n) is 3.43. The maximum absolute atomic E-state index is 12.4. The molecule has 110 valence electrons. The summed E-state index contributed by atoms with van der Waals surface area (Å²) in [5.41, 5.74) is 0.514. The molecule has 1 amide bonds. The minimum atomic E-state index is -3.71. The summed E-state index contributed by atoms with van der Waals surface area (Å²) in [7, 11) is -3.71. The Morgan fingerprint density at radius 3 is 2.35 bits per heavy atom. The molecule has 5 nitrogen and oxygen atoms in total. The van der Waals surface area contributed by atoms with Gasteiger partial charge in [-0.05, 0) is 43.5 Å². The third kappa shape index (κ3) is 3.58. The van der Waals surface area contributed by atoms with Crippen molar-refractivity contribution in [1.82, 2.24) is 4.90 Å². The van der Waals surface area contributed by atoms with Crippen molar-refractivity contribution in [3.05, 3.63) is 29.8 Å². The fourth-order valence-corrected chi connectivity index (χ4v) is 2.63. The van der Waals surface area contributed by atoms with Crippen LogP contribution in [0.1, 0.15) is 43.0 Å². The van der Waals surface area contributed by atoms with Gasteiger partial charge in [-0.15, -0.1) is 0 Å². The zero-order chi connectivity index (χ0) is 14.8. The lowest BCUT2D eigenvalue weighted by Gasteiger charge is -2.22. The minimum Gasteiger partial charge on any atom is -0.336 e. The first-order valence-corrected chi connectivity index (χ1v) is 8.42. The molecule has 1 aromatic carbocycles. The standard InChI is InChI=1S/C14H20N2O3S/c1-2-3-10-16(12-6-7-12)14(17)11-4-8-13(9-5-11)20(15,18)19/h4-5,8-9,12H,2-3,6-7,10H2,1H3,(H2,15,18,19). The van der Waals surface area contributed by atoms with Crippen molar-refractivity contribution in [3.8, 4) is 0 Å². The van der Waals surface area contributed by atoms with E-state index in [1.165, 1.54) is 24.3 Å². The maximum atomic E-state index is 12.4. The first kappa shape index (κ1) is 15.0. The summed E-state index contributed by atoms with van der Waals surface area (Å²) < 4.78 is 22.4. The van der Waals surface area contributed by atoms with E-state index >= 15 is 0 Å². The molecule has 0 aliphatic heterocycles. The molecule has 0 unspecified atom stereocenters. The molecule has 0 radical (unpaired) electrons. The van der Waals surface area contributed by atoms with E-state index in [2.05, 4.69) is 6.92 Å². The fraction of sp³-hybridized carbons (Fsp3) is 0.500. The van der Waals surface area contributed by atoms with Crippen LogP contribution in [-0.2, 0) is 10.0 Å². The zero-order valence-corrected chi connectivity index (χ0v) is 12.4. The van der Waals surface area contributed by atoms with E-state index in [1.807, 2.05) is 4.90 Å². The molecular weight excluding hydrogens is 276 g/mol. The van der Waals surface area contributed by atoms with Gasteiger partial charge in [0.25, 0.3) is 5.91 Å². The topological polar surface area (TPSA) is 80.5 Å². The lowest BCUT2D eigenvalue weighted by molar-refractivity contribution is 0.0740. The van der Waals surface area contributed by atoms with Crippen LogP contribution in [0.5, 0.6) is 0 Å². The van der Waals surface area contributed by atoms with E-state index in [1.54, 1.807) is 0 Å². The Bertz CT molecular complexity index is 577. The Labute approximate surface area is 119 Å². The van der Waals surface area contributed by atoms with Gasteiger partial charge in [-0.1, -0.05) is 13.3 Å². The van der Waals surface area contributed by atoms with Gasteiger partial charge in [-0.2, -0.15) is 0 Å². The molecule has 2 N–H and O–H groups in total. The summed E-state index contributed by atoms with van der Waals surface area (Å²) in [4.78, 5) is 14.4. The zero-order valence-electron chi connectivity index (χ0n) is 11.6. The second-order valence-electron chi connectivity index (χ2n) is 5.15. The molecule has 0 saturated heterocycles.